The van der Waals surface area contributed by atoms with Crippen LogP contribution in [0.25, 0.3) is 215 Å². The summed E-state index contributed by atoms with van der Waals surface area (Å²) < 4.78 is 7.22. The van der Waals surface area contributed by atoms with Gasteiger partial charge in [-0.05, 0) is 218 Å². The lowest BCUT2D eigenvalue weighted by Crippen LogP contribution is -2.07. The van der Waals surface area contributed by atoms with E-state index in [2.05, 4.69) is 378 Å². The van der Waals surface area contributed by atoms with Gasteiger partial charge in [-0.1, -0.05) is 255 Å². The molecule has 0 fully saturated rings. The Morgan fingerprint density at radius 1 is 0.162 bits per heavy atom. The maximum absolute atomic E-state index is 5.64. The number of fused-ring (bicyclic) bond motifs is 15. The summed E-state index contributed by atoms with van der Waals surface area (Å²) in [4.78, 5) is 16.7. The van der Waals surface area contributed by atoms with Crippen LogP contribution in [-0.2, 0) is 0 Å². The Balaban J connectivity index is 0.801. The van der Waals surface area contributed by atoms with Crippen molar-refractivity contribution in [1.82, 2.24) is 28.7 Å². The fourth-order valence-corrected chi connectivity index (χ4v) is 16.8. The SMILES string of the molecule is c1ccc2cc(-c3ccc4c(c3)c3cc(-c5ccc6ccccc6c5)ccc3n4-c3ccc4c(c3)c3cc(-n5c6ccc(-c7ccc8ccccc8c7)cc6c6cc(-c7ccc8ccccc8c7)ccc65)ccc3n4-c3nc(-c4cccc5ccccc45)nc(-c4cccc5ccccc45)n3)ccc2c1. The molecule has 0 atom stereocenters. The van der Waals surface area contributed by atoms with E-state index in [-0.39, 0.29) is 0 Å². The van der Waals surface area contributed by atoms with E-state index in [9.17, 15) is 0 Å². The van der Waals surface area contributed by atoms with Gasteiger partial charge in [-0.2, -0.15) is 9.97 Å². The molecule has 22 aromatic rings. The second-order valence-electron chi connectivity index (χ2n) is 27.9. The van der Waals surface area contributed by atoms with E-state index >= 15 is 0 Å². The van der Waals surface area contributed by atoms with E-state index in [1.807, 2.05) is 0 Å². The maximum atomic E-state index is 5.64. The molecule has 0 bridgehead atoms. The molecule has 0 saturated carbocycles. The van der Waals surface area contributed by atoms with Gasteiger partial charge in [0, 0.05) is 54.8 Å². The second kappa shape index (κ2) is 23.2. The Hall–Kier alpha value is -14.1. The van der Waals surface area contributed by atoms with Gasteiger partial charge in [-0.15, -0.1) is 0 Å². The molecule has 0 N–H and O–H groups in total. The van der Waals surface area contributed by atoms with Crippen LogP contribution in [0.3, 0.4) is 0 Å². The van der Waals surface area contributed by atoms with Crippen molar-refractivity contribution in [2.75, 3.05) is 0 Å². The highest BCUT2D eigenvalue weighted by molar-refractivity contribution is 6.16. The van der Waals surface area contributed by atoms with Crippen LogP contribution in [0.4, 0.5) is 0 Å². The van der Waals surface area contributed by atoms with Gasteiger partial charge >= 0.3 is 0 Å². The molecule has 486 valence electrons. The van der Waals surface area contributed by atoms with Crippen molar-refractivity contribution < 1.29 is 0 Å². The van der Waals surface area contributed by atoms with Crippen LogP contribution in [0.2, 0.25) is 0 Å². The Morgan fingerprint density at radius 3 is 0.762 bits per heavy atom. The molecule has 0 amide bonds. The molecular formula is C99H60N6. The van der Waals surface area contributed by atoms with Crippen LogP contribution in [-0.4, -0.2) is 28.7 Å². The van der Waals surface area contributed by atoms with Crippen LogP contribution in [0.1, 0.15) is 0 Å². The third kappa shape index (κ3) is 9.54. The number of hydrogen-bond donors (Lipinski definition) is 0. The summed E-state index contributed by atoms with van der Waals surface area (Å²) in [6.07, 6.45) is 0. The van der Waals surface area contributed by atoms with Gasteiger partial charge in [0.05, 0.1) is 33.1 Å². The Labute approximate surface area is 603 Å². The van der Waals surface area contributed by atoms with Gasteiger partial charge in [0.1, 0.15) is 0 Å². The smallest absolute Gasteiger partial charge is 0.238 e. The summed E-state index contributed by atoms with van der Waals surface area (Å²) in [5.74, 6) is 1.71. The van der Waals surface area contributed by atoms with Gasteiger partial charge in [-0.25, -0.2) is 4.98 Å². The van der Waals surface area contributed by atoms with Crippen LogP contribution < -0.4 is 0 Å². The summed E-state index contributed by atoms with van der Waals surface area (Å²) in [6, 6.07) is 134. The average Bonchev–Trinajstić information content (AvgIpc) is 1.57. The zero-order valence-corrected chi connectivity index (χ0v) is 56.8. The summed E-state index contributed by atoms with van der Waals surface area (Å²) >= 11 is 0. The molecule has 0 saturated heterocycles. The minimum absolute atomic E-state index is 0.523. The topological polar surface area (TPSA) is 53.5 Å². The molecule has 0 unspecified atom stereocenters. The van der Waals surface area contributed by atoms with Gasteiger partial charge in [-0.3, -0.25) is 4.57 Å². The van der Waals surface area contributed by atoms with E-state index in [4.69, 9.17) is 15.0 Å². The normalized spacial score (nSPS) is 12.0. The zero-order valence-electron chi connectivity index (χ0n) is 56.8. The monoisotopic (exact) mass is 1330 g/mol. The average molecular weight is 1330 g/mol. The molecule has 0 aliphatic carbocycles. The van der Waals surface area contributed by atoms with Crippen molar-refractivity contribution in [2.24, 2.45) is 0 Å². The standard InChI is InChI=1S/C99H60N6/c1-5-21-67-51-71(35-31-61(67)15-1)75-39-45-91-85(55-75)86-56-76(72-36-32-62-16-2-6-22-68(62)52-72)40-46-92(86)103(91)79-43-49-95-89(59-79)90-60-80(44-50-96(90)105(95)99-101-97(83-29-13-25-65-19-9-11-27-81(65)83)100-98(102-99)84-30-14-26-66-20-10-12-28-82(66)84)104-93-47-41-77(73-37-33-63-17-3-7-23-69(63)53-73)57-87(93)88-58-78(42-48-94(88)104)74-38-34-64-18-4-8-24-70(64)54-74/h1-60H. The predicted octanol–water partition coefficient (Wildman–Crippen LogP) is 26.1. The van der Waals surface area contributed by atoms with E-state index in [1.165, 1.54) is 86.9 Å². The first-order valence-electron chi connectivity index (χ1n) is 35.9. The molecule has 6 nitrogen and oxygen atoms in total. The van der Waals surface area contributed by atoms with Crippen molar-refractivity contribution in [3.05, 3.63) is 364 Å². The van der Waals surface area contributed by atoms with Gasteiger partial charge in [0.2, 0.25) is 5.95 Å². The molecule has 22 rings (SSSR count). The molecule has 0 aliphatic heterocycles. The van der Waals surface area contributed by atoms with Crippen molar-refractivity contribution in [3.8, 4) is 84.6 Å². The van der Waals surface area contributed by atoms with Gasteiger partial charge in [0.25, 0.3) is 0 Å². The van der Waals surface area contributed by atoms with Gasteiger partial charge in [0.15, 0.2) is 11.6 Å². The Morgan fingerprint density at radius 2 is 0.419 bits per heavy atom. The first-order valence-corrected chi connectivity index (χ1v) is 35.9. The fraction of sp³-hybridized carbons (Fsp3) is 0. The molecule has 4 aromatic heterocycles. The lowest BCUT2D eigenvalue weighted by Gasteiger charge is -2.14. The summed E-state index contributed by atoms with van der Waals surface area (Å²) in [7, 11) is 0. The van der Waals surface area contributed by atoms with Crippen LogP contribution in [0, 0.1) is 0 Å². The third-order valence-electron chi connectivity index (χ3n) is 22.0. The molecule has 0 radical (unpaired) electrons. The summed E-state index contributed by atoms with van der Waals surface area (Å²) in [5, 5.41) is 20.9. The summed E-state index contributed by atoms with van der Waals surface area (Å²) in [5.41, 5.74) is 19.7. The summed E-state index contributed by atoms with van der Waals surface area (Å²) in [6.45, 7) is 0. The van der Waals surface area contributed by atoms with Gasteiger partial charge < -0.3 is 9.13 Å². The Bertz CT molecular complexity index is 6710. The van der Waals surface area contributed by atoms with Crippen molar-refractivity contribution in [1.29, 1.82) is 0 Å². The second-order valence-corrected chi connectivity index (χ2v) is 27.9. The predicted molar refractivity (Wildman–Crippen MR) is 440 cm³/mol. The van der Waals surface area contributed by atoms with Crippen LogP contribution >= 0.6 is 0 Å². The zero-order chi connectivity index (χ0) is 68.8. The number of nitrogens with zero attached hydrogens (tertiary/aromatic N) is 6. The highest BCUT2D eigenvalue weighted by atomic mass is 15.2. The number of aromatic nitrogens is 6. The largest absolute Gasteiger partial charge is 0.309 e. The quantitative estimate of drug-likeness (QED) is 0.145. The maximum Gasteiger partial charge on any atom is 0.238 e. The minimum atomic E-state index is 0.523. The number of rotatable bonds is 9. The molecule has 18 aromatic carbocycles. The lowest BCUT2D eigenvalue weighted by atomic mass is 9.98. The number of benzene rings is 18. The molecule has 0 spiro atoms. The minimum Gasteiger partial charge on any atom is -0.309 e. The van der Waals surface area contributed by atoms with E-state index < -0.39 is 0 Å². The molecule has 105 heavy (non-hydrogen) atoms. The Kier molecular flexibility index (Phi) is 13.0. The number of hydrogen-bond acceptors (Lipinski definition) is 3. The van der Waals surface area contributed by atoms with Crippen LogP contribution in [0.5, 0.6) is 0 Å². The highest BCUT2D eigenvalue weighted by Crippen LogP contribution is 2.45. The van der Waals surface area contributed by atoms with Crippen molar-refractivity contribution in [3.63, 3.8) is 0 Å². The van der Waals surface area contributed by atoms with E-state index in [0.29, 0.717) is 17.6 Å². The first kappa shape index (κ1) is 58.7. The fourth-order valence-electron chi connectivity index (χ4n) is 16.8. The van der Waals surface area contributed by atoms with Crippen molar-refractivity contribution >= 4 is 130 Å². The van der Waals surface area contributed by atoms with E-state index in [1.54, 1.807) is 0 Å². The van der Waals surface area contributed by atoms with E-state index in [0.717, 1.165) is 110 Å². The van der Waals surface area contributed by atoms with Crippen molar-refractivity contribution in [2.45, 2.75) is 0 Å². The first-order chi connectivity index (χ1) is 52.0. The molecule has 4 heterocycles. The van der Waals surface area contributed by atoms with Crippen LogP contribution in [0.15, 0.2) is 364 Å². The highest BCUT2D eigenvalue weighted by Gasteiger charge is 2.25. The third-order valence-corrected chi connectivity index (χ3v) is 22.0. The molecule has 0 aliphatic rings. The molecular weight excluding hydrogens is 1270 g/mol. The lowest BCUT2D eigenvalue weighted by molar-refractivity contribution is 0.955. The molecule has 6 heteroatoms.